The van der Waals surface area contributed by atoms with Crippen molar-refractivity contribution in [3.05, 3.63) is 57.3 Å². The van der Waals surface area contributed by atoms with Gasteiger partial charge in [0.15, 0.2) is 5.15 Å². The van der Waals surface area contributed by atoms with Crippen LogP contribution in [0.5, 0.6) is 0 Å². The van der Waals surface area contributed by atoms with Crippen LogP contribution >= 0.6 is 27.5 Å². The van der Waals surface area contributed by atoms with Crippen molar-refractivity contribution in [1.82, 2.24) is 4.98 Å². The molecule has 98 valence electrons. The Morgan fingerprint density at radius 2 is 2.05 bits per heavy atom. The maximum Gasteiger partial charge on any atom is 0.255 e. The zero-order valence-corrected chi connectivity index (χ0v) is 12.2. The molecule has 0 atom stereocenters. The van der Waals surface area contributed by atoms with Crippen LogP contribution in [0.4, 0.5) is 5.69 Å². The Labute approximate surface area is 124 Å². The molecule has 0 radical (unpaired) electrons. The minimum atomic E-state index is -0.245. The smallest absolute Gasteiger partial charge is 0.255 e. The normalized spacial score (nSPS) is 10.3. The summed E-state index contributed by atoms with van der Waals surface area (Å²) >= 11 is 9.19. The van der Waals surface area contributed by atoms with Crippen LogP contribution in [0, 0.1) is 0 Å². The largest absolute Gasteiger partial charge is 0.326 e. The number of amides is 1. The van der Waals surface area contributed by atoms with E-state index in [1.165, 1.54) is 0 Å². The molecule has 1 amide bonds. The SMILES string of the molecule is NCc1ccc(C(=O)Nc2cc(Br)cnc2Cl)cc1. The Balaban J connectivity index is 2.18. The van der Waals surface area contributed by atoms with E-state index in [2.05, 4.69) is 26.2 Å². The summed E-state index contributed by atoms with van der Waals surface area (Å²) in [7, 11) is 0. The number of halogens is 2. The number of nitrogens with two attached hydrogens (primary N) is 1. The summed E-state index contributed by atoms with van der Waals surface area (Å²) < 4.78 is 0.741. The van der Waals surface area contributed by atoms with E-state index >= 15 is 0 Å². The van der Waals surface area contributed by atoms with E-state index in [4.69, 9.17) is 17.3 Å². The lowest BCUT2D eigenvalue weighted by molar-refractivity contribution is 0.102. The van der Waals surface area contributed by atoms with Gasteiger partial charge in [-0.2, -0.15) is 0 Å². The molecule has 0 unspecified atom stereocenters. The number of benzene rings is 1. The number of hydrogen-bond donors (Lipinski definition) is 2. The molecule has 6 heteroatoms. The number of anilines is 1. The van der Waals surface area contributed by atoms with Crippen molar-refractivity contribution in [3.63, 3.8) is 0 Å². The topological polar surface area (TPSA) is 68.0 Å². The van der Waals surface area contributed by atoms with Gasteiger partial charge in [-0.05, 0) is 39.7 Å². The first-order chi connectivity index (χ1) is 9.10. The van der Waals surface area contributed by atoms with E-state index in [-0.39, 0.29) is 11.1 Å². The van der Waals surface area contributed by atoms with Gasteiger partial charge in [-0.25, -0.2) is 4.98 Å². The second-order valence-corrected chi connectivity index (χ2v) is 5.12. The zero-order valence-electron chi connectivity index (χ0n) is 9.86. The Morgan fingerprint density at radius 3 is 2.68 bits per heavy atom. The summed E-state index contributed by atoms with van der Waals surface area (Å²) in [5.41, 5.74) is 7.47. The molecule has 1 aromatic heterocycles. The van der Waals surface area contributed by atoms with Crippen LogP contribution in [0.3, 0.4) is 0 Å². The number of aromatic nitrogens is 1. The third kappa shape index (κ3) is 3.53. The van der Waals surface area contributed by atoms with Gasteiger partial charge in [0.05, 0.1) is 5.69 Å². The molecule has 2 aromatic rings. The maximum atomic E-state index is 12.0. The number of rotatable bonds is 3. The summed E-state index contributed by atoms with van der Waals surface area (Å²) in [6, 6.07) is 8.76. The molecule has 2 rings (SSSR count). The highest BCUT2D eigenvalue weighted by Gasteiger charge is 2.09. The van der Waals surface area contributed by atoms with Crippen LogP contribution in [0.1, 0.15) is 15.9 Å². The molecule has 0 aliphatic carbocycles. The molecule has 0 saturated heterocycles. The van der Waals surface area contributed by atoms with Crippen molar-refractivity contribution >= 4 is 39.1 Å². The van der Waals surface area contributed by atoms with Gasteiger partial charge >= 0.3 is 0 Å². The number of hydrogen-bond acceptors (Lipinski definition) is 3. The van der Waals surface area contributed by atoms with Gasteiger partial charge in [0, 0.05) is 22.8 Å². The monoisotopic (exact) mass is 339 g/mol. The van der Waals surface area contributed by atoms with Crippen LogP contribution < -0.4 is 11.1 Å². The van der Waals surface area contributed by atoms with Gasteiger partial charge in [-0.15, -0.1) is 0 Å². The van der Waals surface area contributed by atoms with Gasteiger partial charge < -0.3 is 11.1 Å². The number of pyridine rings is 1. The molecule has 3 N–H and O–H groups in total. The second-order valence-electron chi connectivity index (χ2n) is 3.85. The van der Waals surface area contributed by atoms with E-state index in [0.29, 0.717) is 17.8 Å². The molecule has 0 aliphatic heterocycles. The van der Waals surface area contributed by atoms with Crippen LogP contribution in [-0.2, 0) is 6.54 Å². The van der Waals surface area contributed by atoms with E-state index < -0.39 is 0 Å². The van der Waals surface area contributed by atoms with E-state index in [1.807, 2.05) is 12.1 Å². The molecule has 1 aromatic carbocycles. The van der Waals surface area contributed by atoms with Crippen molar-refractivity contribution in [2.45, 2.75) is 6.54 Å². The van der Waals surface area contributed by atoms with Crippen molar-refractivity contribution in [2.75, 3.05) is 5.32 Å². The van der Waals surface area contributed by atoms with Gasteiger partial charge in [0.2, 0.25) is 0 Å². The van der Waals surface area contributed by atoms with Crippen molar-refractivity contribution in [3.8, 4) is 0 Å². The van der Waals surface area contributed by atoms with E-state index in [9.17, 15) is 4.79 Å². The lowest BCUT2D eigenvalue weighted by Crippen LogP contribution is -2.12. The molecule has 0 saturated carbocycles. The first-order valence-corrected chi connectivity index (χ1v) is 6.68. The summed E-state index contributed by atoms with van der Waals surface area (Å²) in [5, 5.41) is 2.96. The fourth-order valence-corrected chi connectivity index (χ4v) is 1.98. The lowest BCUT2D eigenvalue weighted by Gasteiger charge is -2.07. The Bertz CT molecular complexity index is 601. The predicted octanol–water partition coefficient (Wildman–Crippen LogP) is 3.21. The number of nitrogens with zero attached hydrogens (tertiary/aromatic N) is 1. The van der Waals surface area contributed by atoms with Crippen LogP contribution in [0.25, 0.3) is 0 Å². The molecule has 19 heavy (non-hydrogen) atoms. The third-order valence-corrected chi connectivity index (χ3v) is 3.24. The average Bonchev–Trinajstić information content (AvgIpc) is 2.43. The second kappa shape index (κ2) is 6.14. The van der Waals surface area contributed by atoms with Gasteiger partial charge in [-0.3, -0.25) is 4.79 Å². The third-order valence-electron chi connectivity index (χ3n) is 2.51. The highest BCUT2D eigenvalue weighted by atomic mass is 79.9. The predicted molar refractivity (Wildman–Crippen MR) is 79.2 cm³/mol. The Kier molecular flexibility index (Phi) is 4.52. The summed E-state index contributed by atoms with van der Waals surface area (Å²) in [4.78, 5) is 16.0. The molecule has 0 spiro atoms. The minimum absolute atomic E-state index is 0.245. The first kappa shape index (κ1) is 14.0. The van der Waals surface area contributed by atoms with Crippen LogP contribution in [-0.4, -0.2) is 10.9 Å². The van der Waals surface area contributed by atoms with Gasteiger partial charge in [0.25, 0.3) is 5.91 Å². The Morgan fingerprint density at radius 1 is 1.37 bits per heavy atom. The summed E-state index contributed by atoms with van der Waals surface area (Å²) in [5.74, 6) is -0.245. The molecule has 1 heterocycles. The van der Waals surface area contributed by atoms with E-state index in [0.717, 1.165) is 10.0 Å². The highest BCUT2D eigenvalue weighted by Crippen LogP contribution is 2.23. The van der Waals surface area contributed by atoms with E-state index in [1.54, 1.807) is 24.4 Å². The van der Waals surface area contributed by atoms with Gasteiger partial charge in [0.1, 0.15) is 0 Å². The number of carbonyl (C=O) groups is 1. The molecule has 0 fully saturated rings. The minimum Gasteiger partial charge on any atom is -0.326 e. The highest BCUT2D eigenvalue weighted by molar-refractivity contribution is 9.10. The molecule has 0 aliphatic rings. The maximum absolute atomic E-state index is 12.0. The Hall–Kier alpha value is -1.43. The standard InChI is InChI=1S/C13H11BrClN3O/c14-10-5-11(12(15)17-7-10)18-13(19)9-3-1-8(6-16)2-4-9/h1-5,7H,6,16H2,(H,18,19). The zero-order chi connectivity index (χ0) is 13.8. The first-order valence-electron chi connectivity index (χ1n) is 5.51. The molecular formula is C13H11BrClN3O. The van der Waals surface area contributed by atoms with Crippen molar-refractivity contribution < 1.29 is 4.79 Å². The fraction of sp³-hybridized carbons (Fsp3) is 0.0769. The molecule has 0 bridgehead atoms. The molecular weight excluding hydrogens is 330 g/mol. The molecule has 4 nitrogen and oxygen atoms in total. The lowest BCUT2D eigenvalue weighted by atomic mass is 10.1. The number of nitrogens with one attached hydrogen (secondary N) is 1. The fourth-order valence-electron chi connectivity index (χ4n) is 1.50. The van der Waals surface area contributed by atoms with Gasteiger partial charge in [-0.1, -0.05) is 23.7 Å². The quantitative estimate of drug-likeness (QED) is 0.843. The van der Waals surface area contributed by atoms with Crippen LogP contribution in [0.15, 0.2) is 41.0 Å². The van der Waals surface area contributed by atoms with Crippen LogP contribution in [0.2, 0.25) is 5.15 Å². The summed E-state index contributed by atoms with van der Waals surface area (Å²) in [6.45, 7) is 0.448. The van der Waals surface area contributed by atoms with Crippen molar-refractivity contribution in [2.24, 2.45) is 5.73 Å². The number of carbonyl (C=O) groups excluding carboxylic acids is 1. The summed E-state index contributed by atoms with van der Waals surface area (Å²) in [6.07, 6.45) is 1.56. The van der Waals surface area contributed by atoms with Crippen molar-refractivity contribution in [1.29, 1.82) is 0 Å². The average molecular weight is 341 g/mol.